The van der Waals surface area contributed by atoms with E-state index in [2.05, 4.69) is 5.32 Å². The molecule has 0 bridgehead atoms. The molecule has 28 heavy (non-hydrogen) atoms. The summed E-state index contributed by atoms with van der Waals surface area (Å²) in [7, 11) is 0. The van der Waals surface area contributed by atoms with Gasteiger partial charge in [-0.1, -0.05) is 49.7 Å². The smallest absolute Gasteiger partial charge is 0.272 e. The molecule has 1 aliphatic heterocycles. The maximum atomic E-state index is 13.2. The molecule has 3 rings (SSSR count). The molecule has 1 aliphatic rings. The Kier molecular flexibility index (Phi) is 5.91. The minimum absolute atomic E-state index is 0.117. The minimum atomic E-state index is -0.409. The molecule has 0 saturated heterocycles. The van der Waals surface area contributed by atoms with E-state index in [0.29, 0.717) is 32.4 Å². The van der Waals surface area contributed by atoms with Gasteiger partial charge in [-0.05, 0) is 29.8 Å². The Morgan fingerprint density at radius 3 is 2.25 bits per heavy atom. The number of para-hydroxylation sites is 1. The molecular weight excluding hydrogens is 396 g/mol. The summed E-state index contributed by atoms with van der Waals surface area (Å²) in [6.45, 7) is 5.35. The number of halogens is 1. The van der Waals surface area contributed by atoms with Crippen LogP contribution in [0.3, 0.4) is 0 Å². The number of carbonyl (C=O) groups is 3. The van der Waals surface area contributed by atoms with Gasteiger partial charge in [-0.2, -0.15) is 0 Å². The first-order valence-electron chi connectivity index (χ1n) is 8.72. The van der Waals surface area contributed by atoms with Gasteiger partial charge < -0.3 is 5.32 Å². The van der Waals surface area contributed by atoms with Gasteiger partial charge in [0.2, 0.25) is 5.91 Å². The second kappa shape index (κ2) is 8.20. The van der Waals surface area contributed by atoms with Crippen molar-refractivity contribution >= 4 is 58.0 Å². The molecule has 0 aromatic heterocycles. The first-order chi connectivity index (χ1) is 13.3. The molecular formula is C21H19ClN2O3S. The standard InChI is InChI=1S/C21H19ClN2O3S/c1-12(2)28-19-18(14-8-10-15(11-9-14)23-13(3)25)20(26)24(21(19)27)17-7-5-4-6-16(17)22/h4-12H,1-3H3,(H,23,25). The van der Waals surface area contributed by atoms with Crippen LogP contribution in [0.25, 0.3) is 5.57 Å². The quantitative estimate of drug-likeness (QED) is 0.718. The lowest BCUT2D eigenvalue weighted by Gasteiger charge is -2.16. The van der Waals surface area contributed by atoms with Crippen molar-refractivity contribution in [1.82, 2.24) is 0 Å². The van der Waals surface area contributed by atoms with E-state index in [9.17, 15) is 14.4 Å². The largest absolute Gasteiger partial charge is 0.326 e. The Bertz CT molecular complexity index is 983. The third-order valence-electron chi connectivity index (χ3n) is 3.98. The van der Waals surface area contributed by atoms with Gasteiger partial charge in [-0.15, -0.1) is 11.8 Å². The number of hydrogen-bond donors (Lipinski definition) is 1. The predicted octanol–water partition coefficient (Wildman–Crippen LogP) is 4.72. The van der Waals surface area contributed by atoms with Crippen LogP contribution < -0.4 is 10.2 Å². The molecule has 2 aromatic rings. The van der Waals surface area contributed by atoms with Crippen molar-refractivity contribution in [2.45, 2.75) is 26.0 Å². The molecule has 2 aromatic carbocycles. The fourth-order valence-electron chi connectivity index (χ4n) is 2.88. The van der Waals surface area contributed by atoms with Crippen molar-refractivity contribution in [3.63, 3.8) is 0 Å². The highest BCUT2D eigenvalue weighted by Crippen LogP contribution is 2.41. The lowest BCUT2D eigenvalue weighted by Crippen LogP contribution is -2.31. The lowest BCUT2D eigenvalue weighted by atomic mass is 10.1. The van der Waals surface area contributed by atoms with Gasteiger partial charge in [0, 0.05) is 17.9 Å². The summed E-state index contributed by atoms with van der Waals surface area (Å²) in [5.74, 6) is -0.966. The van der Waals surface area contributed by atoms with Crippen LogP contribution in [0, 0.1) is 0 Å². The fourth-order valence-corrected chi connectivity index (χ4v) is 4.09. The number of carbonyl (C=O) groups excluding carboxylic acids is 3. The Balaban J connectivity index is 2.06. The number of benzene rings is 2. The van der Waals surface area contributed by atoms with Crippen LogP contribution in [0.5, 0.6) is 0 Å². The Hall–Kier alpha value is -2.57. The molecule has 144 valence electrons. The second-order valence-electron chi connectivity index (χ2n) is 6.53. The summed E-state index contributed by atoms with van der Waals surface area (Å²) in [5, 5.41) is 3.14. The van der Waals surface area contributed by atoms with Crippen molar-refractivity contribution in [2.24, 2.45) is 0 Å². The number of anilines is 2. The summed E-state index contributed by atoms with van der Waals surface area (Å²) in [5.41, 5.74) is 1.95. The van der Waals surface area contributed by atoms with Crippen molar-refractivity contribution in [3.8, 4) is 0 Å². The zero-order chi connectivity index (χ0) is 20.4. The van der Waals surface area contributed by atoms with Crippen LogP contribution in [0.4, 0.5) is 11.4 Å². The second-order valence-corrected chi connectivity index (χ2v) is 8.52. The lowest BCUT2D eigenvalue weighted by molar-refractivity contribution is -0.120. The number of thioether (sulfide) groups is 1. The van der Waals surface area contributed by atoms with Crippen LogP contribution in [0.15, 0.2) is 53.4 Å². The normalized spacial score (nSPS) is 14.2. The number of nitrogens with one attached hydrogen (secondary N) is 1. The topological polar surface area (TPSA) is 66.5 Å². The Morgan fingerprint density at radius 2 is 1.68 bits per heavy atom. The van der Waals surface area contributed by atoms with E-state index < -0.39 is 5.91 Å². The fraction of sp³-hybridized carbons (Fsp3) is 0.190. The van der Waals surface area contributed by atoms with Crippen LogP contribution >= 0.6 is 23.4 Å². The first kappa shape index (κ1) is 20.2. The first-order valence-corrected chi connectivity index (χ1v) is 9.97. The van der Waals surface area contributed by atoms with E-state index in [-0.39, 0.29) is 17.1 Å². The average molecular weight is 415 g/mol. The van der Waals surface area contributed by atoms with E-state index in [1.807, 2.05) is 13.8 Å². The maximum Gasteiger partial charge on any atom is 0.272 e. The average Bonchev–Trinajstić information content (AvgIpc) is 2.86. The van der Waals surface area contributed by atoms with Crippen LogP contribution in [-0.2, 0) is 14.4 Å². The van der Waals surface area contributed by atoms with Gasteiger partial charge in [-0.3, -0.25) is 14.4 Å². The number of rotatable bonds is 5. The van der Waals surface area contributed by atoms with Crippen molar-refractivity contribution < 1.29 is 14.4 Å². The van der Waals surface area contributed by atoms with Crippen molar-refractivity contribution in [2.75, 3.05) is 10.2 Å². The molecule has 7 heteroatoms. The van der Waals surface area contributed by atoms with Crippen molar-refractivity contribution in [1.29, 1.82) is 0 Å². The van der Waals surface area contributed by atoms with Gasteiger partial charge in [-0.25, -0.2) is 4.90 Å². The molecule has 0 saturated carbocycles. The molecule has 0 aliphatic carbocycles. The third kappa shape index (κ3) is 3.98. The molecule has 0 unspecified atom stereocenters. The van der Waals surface area contributed by atoms with Crippen LogP contribution in [0.1, 0.15) is 26.3 Å². The van der Waals surface area contributed by atoms with Gasteiger partial charge in [0.1, 0.15) is 0 Å². The van der Waals surface area contributed by atoms with Crippen LogP contribution in [-0.4, -0.2) is 23.0 Å². The molecule has 3 amide bonds. The van der Waals surface area contributed by atoms with E-state index in [4.69, 9.17) is 11.6 Å². The van der Waals surface area contributed by atoms with Gasteiger partial charge in [0.15, 0.2) is 0 Å². The summed E-state index contributed by atoms with van der Waals surface area (Å²) in [4.78, 5) is 39.1. The van der Waals surface area contributed by atoms with E-state index in [1.54, 1.807) is 48.5 Å². The zero-order valence-electron chi connectivity index (χ0n) is 15.7. The zero-order valence-corrected chi connectivity index (χ0v) is 17.2. The molecule has 5 nitrogen and oxygen atoms in total. The van der Waals surface area contributed by atoms with Gasteiger partial charge in [0.25, 0.3) is 11.8 Å². The molecule has 0 atom stereocenters. The van der Waals surface area contributed by atoms with E-state index >= 15 is 0 Å². The summed E-state index contributed by atoms with van der Waals surface area (Å²) < 4.78 is 0. The maximum absolute atomic E-state index is 13.2. The van der Waals surface area contributed by atoms with Crippen LogP contribution in [0.2, 0.25) is 5.02 Å². The Labute approximate surface area is 172 Å². The molecule has 0 fully saturated rings. The van der Waals surface area contributed by atoms with Crippen molar-refractivity contribution in [3.05, 3.63) is 64.0 Å². The van der Waals surface area contributed by atoms with Gasteiger partial charge in [0.05, 0.1) is 21.2 Å². The number of hydrogen-bond acceptors (Lipinski definition) is 4. The predicted molar refractivity (Wildman–Crippen MR) is 114 cm³/mol. The highest BCUT2D eigenvalue weighted by Gasteiger charge is 2.41. The molecule has 1 N–H and O–H groups in total. The minimum Gasteiger partial charge on any atom is -0.326 e. The number of amides is 3. The number of nitrogens with zero attached hydrogens (tertiary/aromatic N) is 1. The highest BCUT2D eigenvalue weighted by molar-refractivity contribution is 8.04. The SMILES string of the molecule is CC(=O)Nc1ccc(C2=C(SC(C)C)C(=O)N(c3ccccc3Cl)C2=O)cc1. The third-order valence-corrected chi connectivity index (χ3v) is 5.39. The summed E-state index contributed by atoms with van der Waals surface area (Å²) >= 11 is 7.59. The molecule has 0 spiro atoms. The Morgan fingerprint density at radius 1 is 1.04 bits per heavy atom. The molecule has 1 heterocycles. The number of imide groups is 1. The monoisotopic (exact) mass is 414 g/mol. The van der Waals surface area contributed by atoms with Gasteiger partial charge >= 0.3 is 0 Å². The summed E-state index contributed by atoms with van der Waals surface area (Å²) in [6, 6.07) is 13.6. The summed E-state index contributed by atoms with van der Waals surface area (Å²) in [6.07, 6.45) is 0. The highest BCUT2D eigenvalue weighted by atomic mass is 35.5. The van der Waals surface area contributed by atoms with E-state index in [1.165, 1.54) is 18.7 Å². The van der Waals surface area contributed by atoms with E-state index in [0.717, 1.165) is 4.90 Å². The molecule has 0 radical (unpaired) electrons.